The van der Waals surface area contributed by atoms with Gasteiger partial charge in [-0.05, 0) is 23.3 Å². The Kier molecular flexibility index (Phi) is 5.88. The van der Waals surface area contributed by atoms with E-state index in [1.165, 1.54) is 17.8 Å². The van der Waals surface area contributed by atoms with E-state index < -0.39 is 17.1 Å². The van der Waals surface area contributed by atoms with E-state index in [1.807, 2.05) is 30.3 Å². The quantitative estimate of drug-likeness (QED) is 0.764. The van der Waals surface area contributed by atoms with Crippen LogP contribution in [0.2, 0.25) is 0 Å². The molecule has 138 valence electrons. The van der Waals surface area contributed by atoms with E-state index >= 15 is 0 Å². The minimum Gasteiger partial charge on any atom is -0.367 e. The van der Waals surface area contributed by atoms with Crippen molar-refractivity contribution in [2.24, 2.45) is 0 Å². The van der Waals surface area contributed by atoms with E-state index in [0.717, 1.165) is 17.7 Å². The molecule has 0 spiro atoms. The Morgan fingerprint density at radius 1 is 1.15 bits per heavy atom. The maximum atomic E-state index is 12.9. The highest BCUT2D eigenvalue weighted by Gasteiger charge is 2.34. The molecule has 1 heterocycles. The smallest absolute Gasteiger partial charge is 0.367 e. The first kappa shape index (κ1) is 18.8. The van der Waals surface area contributed by atoms with Crippen LogP contribution in [-0.2, 0) is 22.3 Å². The largest absolute Gasteiger partial charge is 0.416 e. The highest BCUT2D eigenvalue weighted by Crippen LogP contribution is 2.40. The zero-order valence-corrected chi connectivity index (χ0v) is 14.7. The van der Waals surface area contributed by atoms with Crippen molar-refractivity contribution >= 4 is 17.7 Å². The molecule has 0 N–H and O–H groups in total. The monoisotopic (exact) mass is 381 g/mol. The second kappa shape index (κ2) is 8.14. The number of hydrogen-bond donors (Lipinski definition) is 0. The van der Waals surface area contributed by atoms with Gasteiger partial charge in [0.2, 0.25) is 5.91 Å². The summed E-state index contributed by atoms with van der Waals surface area (Å²) in [6.07, 6.45) is -4.40. The second-order valence-electron chi connectivity index (χ2n) is 5.91. The molecule has 1 saturated heterocycles. The lowest BCUT2D eigenvalue weighted by Gasteiger charge is -2.24. The van der Waals surface area contributed by atoms with Crippen LogP contribution in [0.25, 0.3) is 0 Å². The summed E-state index contributed by atoms with van der Waals surface area (Å²) in [5.41, 5.74) is 0.750. The summed E-state index contributed by atoms with van der Waals surface area (Å²) in [5, 5.41) is -0.412. The lowest BCUT2D eigenvalue weighted by atomic mass is 10.1. The first-order valence-corrected chi connectivity index (χ1v) is 9.20. The van der Waals surface area contributed by atoms with Crippen molar-refractivity contribution in [2.45, 2.75) is 18.2 Å². The molecule has 7 heteroatoms. The molecule has 1 amide bonds. The minimum atomic E-state index is -4.40. The van der Waals surface area contributed by atoms with Crippen LogP contribution in [0, 0.1) is 0 Å². The first-order valence-electron chi connectivity index (χ1n) is 8.15. The lowest BCUT2D eigenvalue weighted by Crippen LogP contribution is -2.33. The van der Waals surface area contributed by atoms with Gasteiger partial charge < -0.3 is 9.64 Å². The molecule has 1 aliphatic heterocycles. The van der Waals surface area contributed by atoms with Crippen LogP contribution < -0.4 is 0 Å². The van der Waals surface area contributed by atoms with Crippen molar-refractivity contribution < 1.29 is 22.7 Å². The third kappa shape index (κ3) is 4.59. The highest BCUT2D eigenvalue weighted by atomic mass is 32.2. The van der Waals surface area contributed by atoms with Crippen molar-refractivity contribution in [3.8, 4) is 0 Å². The second-order valence-corrected chi connectivity index (χ2v) is 7.10. The summed E-state index contributed by atoms with van der Waals surface area (Å²) in [4.78, 5) is 14.1. The standard InChI is InChI=1S/C19H18F3NO2S/c20-19(21,22)16-8-4-7-15(11-16)18-23(9-10-26-18)17(24)13-25-12-14-5-2-1-3-6-14/h1-8,11,18H,9-10,12-13H2/t18-/m0/s1. The van der Waals surface area contributed by atoms with Gasteiger partial charge in [0, 0.05) is 12.3 Å². The van der Waals surface area contributed by atoms with Crippen LogP contribution in [0.15, 0.2) is 54.6 Å². The molecule has 1 aliphatic rings. The van der Waals surface area contributed by atoms with Gasteiger partial charge in [-0.3, -0.25) is 4.79 Å². The third-order valence-electron chi connectivity index (χ3n) is 4.05. The molecule has 2 aromatic carbocycles. The number of carbonyl (C=O) groups is 1. The summed E-state index contributed by atoms with van der Waals surface area (Å²) in [7, 11) is 0. The van der Waals surface area contributed by atoms with E-state index in [4.69, 9.17) is 4.74 Å². The average molecular weight is 381 g/mol. The topological polar surface area (TPSA) is 29.5 Å². The molecule has 1 fully saturated rings. The van der Waals surface area contributed by atoms with Gasteiger partial charge >= 0.3 is 6.18 Å². The number of ether oxygens (including phenoxy) is 1. The lowest BCUT2D eigenvalue weighted by molar-refractivity contribution is -0.137. The van der Waals surface area contributed by atoms with Gasteiger partial charge in [0.05, 0.1) is 12.2 Å². The van der Waals surface area contributed by atoms with Crippen LogP contribution >= 0.6 is 11.8 Å². The van der Waals surface area contributed by atoms with Crippen molar-refractivity contribution in [3.05, 3.63) is 71.3 Å². The third-order valence-corrected chi connectivity index (χ3v) is 5.31. The number of nitrogens with zero attached hydrogens (tertiary/aromatic N) is 1. The minimum absolute atomic E-state index is 0.0923. The Morgan fingerprint density at radius 3 is 2.65 bits per heavy atom. The maximum Gasteiger partial charge on any atom is 0.416 e. The number of alkyl halides is 3. The molecule has 2 aromatic rings. The summed E-state index contributed by atoms with van der Waals surface area (Å²) in [6, 6.07) is 14.7. The maximum absolute atomic E-state index is 12.9. The van der Waals surface area contributed by atoms with Crippen molar-refractivity contribution in [1.82, 2.24) is 4.90 Å². The number of halogens is 3. The van der Waals surface area contributed by atoms with Crippen molar-refractivity contribution in [2.75, 3.05) is 18.9 Å². The summed E-state index contributed by atoms with van der Waals surface area (Å²) >= 11 is 1.46. The molecule has 0 saturated carbocycles. The van der Waals surface area contributed by atoms with E-state index in [-0.39, 0.29) is 12.5 Å². The first-order chi connectivity index (χ1) is 12.4. The molecule has 3 rings (SSSR count). The normalized spacial score (nSPS) is 17.5. The number of hydrogen-bond acceptors (Lipinski definition) is 3. The predicted molar refractivity (Wildman–Crippen MR) is 94.5 cm³/mol. The fourth-order valence-electron chi connectivity index (χ4n) is 2.78. The van der Waals surface area contributed by atoms with Crippen LogP contribution in [0.5, 0.6) is 0 Å². The van der Waals surface area contributed by atoms with Crippen LogP contribution in [0.3, 0.4) is 0 Å². The van der Waals surface area contributed by atoms with Gasteiger partial charge in [-0.2, -0.15) is 13.2 Å². The van der Waals surface area contributed by atoms with Gasteiger partial charge in [-0.15, -0.1) is 11.8 Å². The fraction of sp³-hybridized carbons (Fsp3) is 0.316. The number of amides is 1. The van der Waals surface area contributed by atoms with E-state index in [1.54, 1.807) is 11.0 Å². The number of thioether (sulfide) groups is 1. The molecule has 0 aliphatic carbocycles. The molecular weight excluding hydrogens is 363 g/mol. The molecule has 3 nitrogen and oxygen atoms in total. The van der Waals surface area contributed by atoms with E-state index in [9.17, 15) is 18.0 Å². The Bertz CT molecular complexity index is 752. The van der Waals surface area contributed by atoms with Crippen molar-refractivity contribution in [3.63, 3.8) is 0 Å². The Balaban J connectivity index is 1.63. The zero-order chi connectivity index (χ0) is 18.6. The molecule has 0 bridgehead atoms. The predicted octanol–water partition coefficient (Wildman–Crippen LogP) is 4.50. The molecule has 0 aromatic heterocycles. The zero-order valence-electron chi connectivity index (χ0n) is 13.9. The number of carbonyl (C=O) groups excluding carboxylic acids is 1. The van der Waals surface area contributed by atoms with Gasteiger partial charge in [0.1, 0.15) is 12.0 Å². The fourth-order valence-corrected chi connectivity index (χ4v) is 4.05. The number of rotatable bonds is 5. The summed E-state index contributed by atoms with van der Waals surface area (Å²) in [6.45, 7) is 0.728. The molecule has 0 unspecified atom stereocenters. The molecular formula is C19H18F3NO2S. The van der Waals surface area contributed by atoms with Gasteiger partial charge in [-0.1, -0.05) is 42.5 Å². The average Bonchev–Trinajstić information content (AvgIpc) is 3.12. The van der Waals surface area contributed by atoms with Crippen LogP contribution in [0.1, 0.15) is 22.1 Å². The molecule has 0 radical (unpaired) electrons. The summed E-state index contributed by atoms with van der Waals surface area (Å²) in [5.74, 6) is 0.471. The Morgan fingerprint density at radius 2 is 1.92 bits per heavy atom. The van der Waals surface area contributed by atoms with Gasteiger partial charge in [0.25, 0.3) is 0 Å². The Labute approximate surface area is 154 Å². The Hall–Kier alpha value is -1.99. The van der Waals surface area contributed by atoms with E-state index in [0.29, 0.717) is 24.5 Å². The van der Waals surface area contributed by atoms with Gasteiger partial charge in [0.15, 0.2) is 0 Å². The van der Waals surface area contributed by atoms with Crippen LogP contribution in [0.4, 0.5) is 13.2 Å². The highest BCUT2D eigenvalue weighted by molar-refractivity contribution is 7.99. The van der Waals surface area contributed by atoms with Crippen molar-refractivity contribution in [1.29, 1.82) is 0 Å². The number of benzene rings is 2. The van der Waals surface area contributed by atoms with Gasteiger partial charge in [-0.25, -0.2) is 0 Å². The SMILES string of the molecule is O=C(COCc1ccccc1)N1CCS[C@H]1c1cccc(C(F)(F)F)c1. The summed E-state index contributed by atoms with van der Waals surface area (Å²) < 4.78 is 44.3. The molecule has 1 atom stereocenters. The van der Waals surface area contributed by atoms with E-state index in [2.05, 4.69) is 0 Å². The van der Waals surface area contributed by atoms with Crippen LogP contribution in [-0.4, -0.2) is 29.7 Å². The molecule has 26 heavy (non-hydrogen) atoms.